The summed E-state index contributed by atoms with van der Waals surface area (Å²) >= 11 is 0. The average molecular weight is 387 g/mol. The molecule has 2 bridgehead atoms. The minimum atomic E-state index is -0.965. The zero-order valence-electron chi connectivity index (χ0n) is 16.6. The Hall–Kier alpha value is -1.63. The van der Waals surface area contributed by atoms with Gasteiger partial charge in [0.2, 0.25) is 0 Å². The first-order chi connectivity index (χ1) is 13.4. The molecule has 1 spiro atoms. The van der Waals surface area contributed by atoms with Crippen molar-refractivity contribution in [3.8, 4) is 11.5 Å². The molecule has 0 aromatic heterocycles. The van der Waals surface area contributed by atoms with Gasteiger partial charge in [-0.3, -0.25) is 0 Å². The zero-order chi connectivity index (χ0) is 19.6. The van der Waals surface area contributed by atoms with Gasteiger partial charge < -0.3 is 29.4 Å². The maximum Gasteiger partial charge on any atom is 0.165 e. The van der Waals surface area contributed by atoms with E-state index in [1.165, 1.54) is 18.1 Å². The summed E-state index contributed by atoms with van der Waals surface area (Å²) in [6.07, 6.45) is 3.03. The maximum atomic E-state index is 11.2. The van der Waals surface area contributed by atoms with Crippen LogP contribution in [0.3, 0.4) is 0 Å². The second-order valence-corrected chi connectivity index (χ2v) is 9.08. The Morgan fingerprint density at radius 1 is 1.43 bits per heavy atom. The number of piperidine rings is 1. The van der Waals surface area contributed by atoms with Gasteiger partial charge in [0.05, 0.1) is 6.10 Å². The lowest BCUT2D eigenvalue weighted by Gasteiger charge is -2.59. The number of ether oxygens (including phenoxy) is 2. The summed E-state index contributed by atoms with van der Waals surface area (Å²) in [5.41, 5.74) is 2.32. The molecule has 6 heteroatoms. The lowest BCUT2D eigenvalue weighted by Crippen LogP contribution is -2.66. The van der Waals surface area contributed by atoms with E-state index in [4.69, 9.17) is 9.47 Å². The Morgan fingerprint density at radius 2 is 2.25 bits per heavy atom. The highest BCUT2D eigenvalue weighted by atomic mass is 16.6. The number of benzene rings is 1. The van der Waals surface area contributed by atoms with Crippen molar-refractivity contribution < 1.29 is 24.5 Å². The van der Waals surface area contributed by atoms with Gasteiger partial charge in [-0.2, -0.15) is 0 Å². The Labute approximate surface area is 165 Å². The predicted octanol–water partition coefficient (Wildman–Crippen LogP) is 2.13. The number of phenols is 1. The number of carbonyl (C=O) groups excluding carboxylic acids is 1. The van der Waals surface area contributed by atoms with Crippen molar-refractivity contribution in [1.82, 2.24) is 4.90 Å². The number of aromatic hydroxyl groups is 1. The topological polar surface area (TPSA) is 79.2 Å². The van der Waals surface area contributed by atoms with Crippen LogP contribution in [0.4, 0.5) is 0 Å². The number of carbonyl (C=O) groups is 1. The minimum Gasteiger partial charge on any atom is -0.504 e. The zero-order valence-corrected chi connectivity index (χ0v) is 16.6. The Kier molecular flexibility index (Phi) is 4.23. The summed E-state index contributed by atoms with van der Waals surface area (Å²) in [6, 6.07) is 4.28. The number of nitrogens with zero attached hydrogens (tertiary/aromatic N) is 1. The molecular formula is C22H29NO5. The molecule has 4 aliphatic rings. The number of likely N-dealkylation sites (tertiary alicyclic amines) is 1. The molecule has 0 radical (unpaired) electrons. The van der Waals surface area contributed by atoms with Crippen molar-refractivity contribution in [1.29, 1.82) is 0 Å². The molecule has 2 aliphatic carbocycles. The van der Waals surface area contributed by atoms with E-state index in [2.05, 4.69) is 18.0 Å². The van der Waals surface area contributed by atoms with Crippen LogP contribution in [0, 0.1) is 5.92 Å². The predicted molar refractivity (Wildman–Crippen MR) is 102 cm³/mol. The number of hydrogen-bond acceptors (Lipinski definition) is 6. The van der Waals surface area contributed by atoms with Crippen molar-refractivity contribution in [3.63, 3.8) is 0 Å². The molecule has 1 saturated heterocycles. The highest BCUT2D eigenvalue weighted by Crippen LogP contribution is 2.64. The van der Waals surface area contributed by atoms with Crippen molar-refractivity contribution in [2.45, 2.75) is 75.4 Å². The van der Waals surface area contributed by atoms with Gasteiger partial charge in [0.15, 0.2) is 17.8 Å². The number of aliphatic hydroxyl groups is 1. The summed E-state index contributed by atoms with van der Waals surface area (Å²) in [5, 5.41) is 20.9. The first-order valence-electron chi connectivity index (χ1n) is 10.5. The number of aliphatic hydroxyl groups excluding tert-OH is 1. The third kappa shape index (κ3) is 2.47. The van der Waals surface area contributed by atoms with Gasteiger partial charge in [-0.15, -0.1) is 0 Å². The molecule has 152 valence electrons. The summed E-state index contributed by atoms with van der Waals surface area (Å²) in [7, 11) is 2.21. The molecule has 2 aliphatic heterocycles. The average Bonchev–Trinajstić information content (AvgIpc) is 3.01. The Morgan fingerprint density at radius 3 is 3.04 bits per heavy atom. The van der Waals surface area contributed by atoms with Gasteiger partial charge in [0.1, 0.15) is 11.9 Å². The Balaban J connectivity index is 1.51. The summed E-state index contributed by atoms with van der Waals surface area (Å²) in [5.74, 6) is 1.36. The summed E-state index contributed by atoms with van der Waals surface area (Å²) in [6.45, 7) is 2.52. The fourth-order valence-electron chi connectivity index (χ4n) is 6.43. The third-order valence-electron chi connectivity index (χ3n) is 7.62. The number of ketones is 1. The quantitative estimate of drug-likeness (QED) is 0.754. The molecule has 6 atom stereocenters. The molecule has 5 rings (SSSR count). The molecule has 2 heterocycles. The molecule has 1 saturated carbocycles. The summed E-state index contributed by atoms with van der Waals surface area (Å²) < 4.78 is 12.4. The van der Waals surface area contributed by atoms with Crippen molar-refractivity contribution in [3.05, 3.63) is 23.3 Å². The number of likely N-dealkylation sites (N-methyl/N-ethyl adjacent to an activating group) is 1. The highest BCUT2D eigenvalue weighted by Gasteiger charge is 2.65. The lowest BCUT2D eigenvalue weighted by molar-refractivity contribution is -0.196. The second kappa shape index (κ2) is 6.44. The van der Waals surface area contributed by atoms with Crippen LogP contribution in [0.15, 0.2) is 12.1 Å². The van der Waals surface area contributed by atoms with Gasteiger partial charge in [-0.25, -0.2) is 0 Å². The molecule has 0 amide bonds. The number of Topliss-reactive ketones (excluding diaryl/α,β-unsaturated/α-hetero) is 1. The molecule has 2 fully saturated rings. The van der Waals surface area contributed by atoms with Gasteiger partial charge in [-0.1, -0.05) is 6.07 Å². The van der Waals surface area contributed by atoms with E-state index in [1.807, 2.05) is 0 Å². The van der Waals surface area contributed by atoms with E-state index in [0.29, 0.717) is 30.6 Å². The second-order valence-electron chi connectivity index (χ2n) is 9.08. The van der Waals surface area contributed by atoms with Crippen LogP contribution in [-0.2, 0) is 21.4 Å². The van der Waals surface area contributed by atoms with Crippen LogP contribution in [0.2, 0.25) is 0 Å². The van der Waals surface area contributed by atoms with E-state index in [1.54, 1.807) is 6.07 Å². The smallest absolute Gasteiger partial charge is 0.165 e. The molecule has 1 aromatic carbocycles. The molecule has 1 aromatic rings. The van der Waals surface area contributed by atoms with Crippen molar-refractivity contribution >= 4 is 5.78 Å². The molecule has 28 heavy (non-hydrogen) atoms. The van der Waals surface area contributed by atoms with E-state index in [-0.39, 0.29) is 29.2 Å². The van der Waals surface area contributed by atoms with Crippen LogP contribution in [-0.4, -0.2) is 59.0 Å². The van der Waals surface area contributed by atoms with E-state index >= 15 is 0 Å². The standard InChI is InChI=1S/C22H29NO5/c1-12(24)3-8-18(26)27-17-7-5-14-15-11-13-4-6-16(25)20-19(13)22(14,21(17)28-20)9-10-23(15)2/h4,6,14-15,17-18,21,25-26H,3,5,7-11H2,1-2H3. The lowest BCUT2D eigenvalue weighted by atomic mass is 9.51. The van der Waals surface area contributed by atoms with Gasteiger partial charge in [-0.05, 0) is 63.7 Å². The van der Waals surface area contributed by atoms with Crippen LogP contribution < -0.4 is 4.74 Å². The Bertz CT molecular complexity index is 810. The van der Waals surface area contributed by atoms with E-state index in [9.17, 15) is 15.0 Å². The highest BCUT2D eigenvalue weighted by molar-refractivity contribution is 5.75. The number of hydrogen-bond donors (Lipinski definition) is 2. The largest absolute Gasteiger partial charge is 0.504 e. The van der Waals surface area contributed by atoms with Crippen molar-refractivity contribution in [2.75, 3.05) is 13.6 Å². The van der Waals surface area contributed by atoms with E-state index < -0.39 is 6.29 Å². The van der Waals surface area contributed by atoms with Crippen molar-refractivity contribution in [2.24, 2.45) is 5.92 Å². The van der Waals surface area contributed by atoms with Gasteiger partial charge in [0, 0.05) is 29.9 Å². The normalized spacial score (nSPS) is 36.5. The fourth-order valence-corrected chi connectivity index (χ4v) is 6.43. The van der Waals surface area contributed by atoms with Crippen LogP contribution >= 0.6 is 0 Å². The molecule has 6 nitrogen and oxygen atoms in total. The molecule has 6 unspecified atom stereocenters. The fraction of sp³-hybridized carbons (Fsp3) is 0.682. The van der Waals surface area contributed by atoms with Gasteiger partial charge in [0.25, 0.3) is 0 Å². The summed E-state index contributed by atoms with van der Waals surface area (Å²) in [4.78, 5) is 13.7. The van der Waals surface area contributed by atoms with Crippen LogP contribution in [0.1, 0.15) is 50.2 Å². The first-order valence-corrected chi connectivity index (χ1v) is 10.5. The minimum absolute atomic E-state index is 0.0504. The monoisotopic (exact) mass is 387 g/mol. The maximum absolute atomic E-state index is 11.2. The van der Waals surface area contributed by atoms with E-state index in [0.717, 1.165) is 32.2 Å². The number of phenolic OH excluding ortho intramolecular Hbond substituents is 1. The SMILES string of the molecule is CC(=O)CCC(O)OC1CCC2C3Cc4ccc(O)c5c4C2(CCN3C)C1O5. The van der Waals surface area contributed by atoms with Crippen LogP contribution in [0.25, 0.3) is 0 Å². The van der Waals surface area contributed by atoms with Crippen LogP contribution in [0.5, 0.6) is 11.5 Å². The first kappa shape index (κ1) is 18.4. The van der Waals surface area contributed by atoms with Gasteiger partial charge >= 0.3 is 0 Å². The molecule has 2 N–H and O–H groups in total. The molecular weight excluding hydrogens is 358 g/mol. The number of rotatable bonds is 5. The third-order valence-corrected chi connectivity index (χ3v) is 7.62.